The Bertz CT molecular complexity index is 522. The van der Waals surface area contributed by atoms with Crippen LogP contribution in [0.4, 0.5) is 4.39 Å². The minimum Gasteiger partial charge on any atom is -0.312 e. The summed E-state index contributed by atoms with van der Waals surface area (Å²) in [5, 5.41) is 7.51. The Morgan fingerprint density at radius 2 is 1.95 bits per heavy atom. The van der Waals surface area contributed by atoms with Gasteiger partial charge in [-0.05, 0) is 48.6 Å². The Labute approximate surface area is 117 Å². The van der Waals surface area contributed by atoms with Gasteiger partial charge in [0.25, 0.3) is 0 Å². The van der Waals surface area contributed by atoms with E-state index in [9.17, 15) is 4.39 Å². The molecule has 0 amide bonds. The molecule has 5 heteroatoms. The predicted octanol–water partition coefficient (Wildman–Crippen LogP) is 3.30. The Morgan fingerprint density at radius 3 is 2.53 bits per heavy atom. The van der Waals surface area contributed by atoms with Gasteiger partial charge in [-0.3, -0.25) is 0 Å². The van der Waals surface area contributed by atoms with E-state index in [0.717, 1.165) is 17.7 Å². The molecule has 102 valence electrons. The van der Waals surface area contributed by atoms with Gasteiger partial charge in [0.1, 0.15) is 5.82 Å². The molecule has 0 fully saturated rings. The normalized spacial score (nSPS) is 12.9. The minimum absolute atomic E-state index is 0.169. The summed E-state index contributed by atoms with van der Waals surface area (Å²) in [7, 11) is 1.93. The standard InChI is InChI=1S/C14H18FN3S/c1-9(2)13-14(19-18-17-13)12(16-3)8-10-4-6-11(15)7-5-10/h4-7,9,12,16H,8H2,1-3H3. The summed E-state index contributed by atoms with van der Waals surface area (Å²) >= 11 is 1.44. The first-order valence-electron chi connectivity index (χ1n) is 6.35. The van der Waals surface area contributed by atoms with Gasteiger partial charge in [0, 0.05) is 6.04 Å². The first kappa shape index (κ1) is 14.1. The number of halogens is 1. The van der Waals surface area contributed by atoms with Crippen LogP contribution in [0.1, 0.15) is 41.9 Å². The number of nitrogens with zero attached hydrogens (tertiary/aromatic N) is 2. The molecular weight excluding hydrogens is 261 g/mol. The van der Waals surface area contributed by atoms with E-state index in [4.69, 9.17) is 0 Å². The number of rotatable bonds is 5. The summed E-state index contributed by atoms with van der Waals surface area (Å²) in [6.07, 6.45) is 0.806. The van der Waals surface area contributed by atoms with Crippen LogP contribution in [0.25, 0.3) is 0 Å². The minimum atomic E-state index is -0.202. The van der Waals surface area contributed by atoms with Crippen molar-refractivity contribution in [1.29, 1.82) is 0 Å². The van der Waals surface area contributed by atoms with Crippen molar-refractivity contribution >= 4 is 11.5 Å². The van der Waals surface area contributed by atoms with Gasteiger partial charge in [0.2, 0.25) is 0 Å². The first-order valence-corrected chi connectivity index (χ1v) is 7.13. The van der Waals surface area contributed by atoms with Crippen molar-refractivity contribution in [1.82, 2.24) is 14.9 Å². The van der Waals surface area contributed by atoms with Gasteiger partial charge in [-0.25, -0.2) is 4.39 Å². The van der Waals surface area contributed by atoms with E-state index in [1.807, 2.05) is 19.2 Å². The zero-order valence-electron chi connectivity index (χ0n) is 11.4. The van der Waals surface area contributed by atoms with Crippen LogP contribution < -0.4 is 5.32 Å². The topological polar surface area (TPSA) is 37.8 Å². The van der Waals surface area contributed by atoms with E-state index < -0.39 is 0 Å². The summed E-state index contributed by atoms with van der Waals surface area (Å²) in [4.78, 5) is 1.17. The van der Waals surface area contributed by atoms with Crippen molar-refractivity contribution in [2.45, 2.75) is 32.2 Å². The number of hydrogen-bond donors (Lipinski definition) is 1. The Balaban J connectivity index is 2.20. The van der Waals surface area contributed by atoms with Crippen LogP contribution in [0.3, 0.4) is 0 Å². The van der Waals surface area contributed by atoms with Gasteiger partial charge in [0.05, 0.1) is 10.6 Å². The Hall–Kier alpha value is -1.33. The van der Waals surface area contributed by atoms with Gasteiger partial charge in [0.15, 0.2) is 0 Å². The molecule has 2 rings (SSSR count). The lowest BCUT2D eigenvalue weighted by atomic mass is 10.0. The fourth-order valence-corrected chi connectivity index (χ4v) is 2.94. The van der Waals surface area contributed by atoms with Gasteiger partial charge >= 0.3 is 0 Å². The molecule has 0 aliphatic carbocycles. The fraction of sp³-hybridized carbons (Fsp3) is 0.429. The van der Waals surface area contributed by atoms with Gasteiger partial charge < -0.3 is 5.32 Å². The van der Waals surface area contributed by atoms with E-state index in [1.165, 1.54) is 28.5 Å². The van der Waals surface area contributed by atoms with Crippen LogP contribution in [-0.4, -0.2) is 16.6 Å². The third-order valence-electron chi connectivity index (χ3n) is 3.11. The molecule has 0 bridgehead atoms. The van der Waals surface area contributed by atoms with E-state index in [-0.39, 0.29) is 11.9 Å². The van der Waals surface area contributed by atoms with Crippen LogP contribution in [0, 0.1) is 5.82 Å². The van der Waals surface area contributed by atoms with Crippen molar-refractivity contribution in [3.8, 4) is 0 Å². The van der Waals surface area contributed by atoms with Crippen molar-refractivity contribution < 1.29 is 4.39 Å². The molecule has 1 aromatic carbocycles. The molecule has 0 aliphatic rings. The smallest absolute Gasteiger partial charge is 0.123 e. The molecule has 0 spiro atoms. The van der Waals surface area contributed by atoms with Crippen molar-refractivity contribution in [3.05, 3.63) is 46.2 Å². The fourth-order valence-electron chi connectivity index (χ4n) is 2.03. The Morgan fingerprint density at radius 1 is 1.26 bits per heavy atom. The predicted molar refractivity (Wildman–Crippen MR) is 75.9 cm³/mol. The SMILES string of the molecule is CNC(Cc1ccc(F)cc1)c1snnc1C(C)C. The van der Waals surface area contributed by atoms with Crippen LogP contribution in [-0.2, 0) is 6.42 Å². The van der Waals surface area contributed by atoms with Crippen LogP contribution in [0.2, 0.25) is 0 Å². The molecule has 19 heavy (non-hydrogen) atoms. The van der Waals surface area contributed by atoms with Gasteiger partial charge in [-0.1, -0.05) is 30.5 Å². The Kier molecular flexibility index (Phi) is 4.61. The molecule has 0 saturated carbocycles. The lowest BCUT2D eigenvalue weighted by molar-refractivity contribution is 0.586. The van der Waals surface area contributed by atoms with Crippen LogP contribution in [0.5, 0.6) is 0 Å². The number of likely N-dealkylation sites (N-methyl/N-ethyl adjacent to an activating group) is 1. The molecule has 0 aliphatic heterocycles. The number of aromatic nitrogens is 2. The second-order valence-electron chi connectivity index (χ2n) is 4.85. The summed E-state index contributed by atoms with van der Waals surface area (Å²) in [6.45, 7) is 4.23. The maximum absolute atomic E-state index is 12.9. The summed E-state index contributed by atoms with van der Waals surface area (Å²) in [6, 6.07) is 6.81. The van der Waals surface area contributed by atoms with Gasteiger partial charge in [-0.2, -0.15) is 0 Å². The zero-order chi connectivity index (χ0) is 13.8. The zero-order valence-corrected chi connectivity index (χ0v) is 12.2. The third-order valence-corrected chi connectivity index (χ3v) is 3.96. The number of nitrogens with one attached hydrogen (secondary N) is 1. The van der Waals surface area contributed by atoms with Gasteiger partial charge in [-0.15, -0.1) is 5.10 Å². The highest BCUT2D eigenvalue weighted by molar-refractivity contribution is 7.05. The summed E-state index contributed by atoms with van der Waals surface area (Å²) < 4.78 is 17.0. The lowest BCUT2D eigenvalue weighted by Gasteiger charge is -2.16. The highest BCUT2D eigenvalue weighted by Gasteiger charge is 2.20. The molecular formula is C14H18FN3S. The largest absolute Gasteiger partial charge is 0.312 e. The van der Waals surface area contributed by atoms with Crippen molar-refractivity contribution in [2.24, 2.45) is 0 Å². The molecule has 1 N–H and O–H groups in total. The monoisotopic (exact) mass is 279 g/mol. The average Bonchev–Trinajstić information content (AvgIpc) is 2.87. The van der Waals surface area contributed by atoms with Crippen LogP contribution >= 0.6 is 11.5 Å². The van der Waals surface area contributed by atoms with Crippen LogP contribution in [0.15, 0.2) is 24.3 Å². The van der Waals surface area contributed by atoms with Crippen molar-refractivity contribution in [3.63, 3.8) is 0 Å². The molecule has 1 heterocycles. The summed E-state index contributed by atoms with van der Waals surface area (Å²) in [5.74, 6) is 0.157. The van der Waals surface area contributed by atoms with E-state index in [1.54, 1.807) is 0 Å². The molecule has 1 aromatic heterocycles. The van der Waals surface area contributed by atoms with E-state index in [0.29, 0.717) is 5.92 Å². The molecule has 0 radical (unpaired) electrons. The quantitative estimate of drug-likeness (QED) is 0.912. The molecule has 0 saturated heterocycles. The van der Waals surface area contributed by atoms with Crippen molar-refractivity contribution in [2.75, 3.05) is 7.05 Å². The molecule has 3 nitrogen and oxygen atoms in total. The molecule has 2 aromatic rings. The first-order chi connectivity index (χ1) is 9.11. The third kappa shape index (κ3) is 3.36. The maximum atomic E-state index is 12.9. The number of hydrogen-bond acceptors (Lipinski definition) is 4. The molecule has 1 atom stereocenters. The maximum Gasteiger partial charge on any atom is 0.123 e. The summed E-state index contributed by atoms with van der Waals surface area (Å²) in [5.41, 5.74) is 2.15. The van der Waals surface area contributed by atoms with E-state index >= 15 is 0 Å². The highest BCUT2D eigenvalue weighted by Crippen LogP contribution is 2.28. The average molecular weight is 279 g/mol. The second-order valence-corrected chi connectivity index (χ2v) is 5.63. The molecule has 1 unspecified atom stereocenters. The second kappa shape index (κ2) is 6.21. The lowest BCUT2D eigenvalue weighted by Crippen LogP contribution is -2.19. The van der Waals surface area contributed by atoms with E-state index in [2.05, 4.69) is 28.8 Å². The number of benzene rings is 1. The highest BCUT2D eigenvalue weighted by atomic mass is 32.1.